The van der Waals surface area contributed by atoms with Gasteiger partial charge < -0.3 is 15.7 Å². The first-order chi connectivity index (χ1) is 8.11. The molecular formula is C14H22N2O. The molecule has 1 unspecified atom stereocenters. The Balaban J connectivity index is 2.03. The fourth-order valence-electron chi connectivity index (χ4n) is 2.66. The lowest BCUT2D eigenvalue weighted by molar-refractivity contribution is -0.0223. The first kappa shape index (κ1) is 12.6. The van der Waals surface area contributed by atoms with Gasteiger partial charge in [-0.15, -0.1) is 0 Å². The van der Waals surface area contributed by atoms with Gasteiger partial charge in [0.15, 0.2) is 0 Å². The van der Waals surface area contributed by atoms with Gasteiger partial charge in [-0.1, -0.05) is 24.3 Å². The second kappa shape index (κ2) is 5.17. The molecule has 0 bridgehead atoms. The summed E-state index contributed by atoms with van der Waals surface area (Å²) in [6.07, 6.45) is 2.71. The van der Waals surface area contributed by atoms with E-state index in [2.05, 4.69) is 24.1 Å². The van der Waals surface area contributed by atoms with E-state index < -0.39 is 5.60 Å². The Labute approximate surface area is 103 Å². The molecule has 0 radical (unpaired) electrons. The van der Waals surface area contributed by atoms with Crippen molar-refractivity contribution < 1.29 is 5.11 Å². The van der Waals surface area contributed by atoms with Crippen LogP contribution in [0, 0.1) is 0 Å². The second-order valence-electron chi connectivity index (χ2n) is 5.26. The highest BCUT2D eigenvalue weighted by atomic mass is 16.3. The maximum atomic E-state index is 10.6. The highest BCUT2D eigenvalue weighted by Gasteiger charge is 2.31. The molecule has 94 valence electrons. The normalized spacial score (nSPS) is 26.1. The van der Waals surface area contributed by atoms with Gasteiger partial charge in [0.2, 0.25) is 0 Å². The summed E-state index contributed by atoms with van der Waals surface area (Å²) >= 11 is 0. The zero-order chi connectivity index (χ0) is 12.3. The topological polar surface area (TPSA) is 49.5 Å². The number of β-amino-alcohol motifs (C(OH)–C–C–N with tert-alkyl or cyclic N) is 1. The Morgan fingerprint density at radius 3 is 2.53 bits per heavy atom. The van der Waals surface area contributed by atoms with Crippen molar-refractivity contribution in [1.82, 2.24) is 4.90 Å². The molecule has 1 heterocycles. The molecule has 0 amide bonds. The van der Waals surface area contributed by atoms with Crippen molar-refractivity contribution in [2.45, 2.75) is 31.4 Å². The van der Waals surface area contributed by atoms with Crippen LogP contribution in [0.1, 0.15) is 24.0 Å². The number of nitrogens with two attached hydrogens (primary N) is 1. The molecule has 1 aromatic carbocycles. The molecule has 3 heteroatoms. The number of hydrogen-bond donors (Lipinski definition) is 2. The zero-order valence-corrected chi connectivity index (χ0v) is 10.5. The molecule has 1 fully saturated rings. The van der Waals surface area contributed by atoms with Crippen LogP contribution >= 0.6 is 0 Å². The van der Waals surface area contributed by atoms with Crippen LogP contribution in [0.4, 0.5) is 0 Å². The summed E-state index contributed by atoms with van der Waals surface area (Å²) in [7, 11) is 2.07. The lowest BCUT2D eigenvalue weighted by atomic mass is 9.86. The summed E-state index contributed by atoms with van der Waals surface area (Å²) < 4.78 is 0. The molecule has 3 nitrogen and oxygen atoms in total. The van der Waals surface area contributed by atoms with Gasteiger partial charge in [-0.2, -0.15) is 0 Å². The lowest BCUT2D eigenvalue weighted by Gasteiger charge is -2.37. The number of rotatable bonds is 3. The van der Waals surface area contributed by atoms with Crippen molar-refractivity contribution >= 4 is 0 Å². The lowest BCUT2D eigenvalue weighted by Crippen LogP contribution is -2.47. The summed E-state index contributed by atoms with van der Waals surface area (Å²) in [5.41, 5.74) is 7.35. The van der Waals surface area contributed by atoms with Crippen LogP contribution in [0.3, 0.4) is 0 Å². The number of benzene rings is 1. The van der Waals surface area contributed by atoms with Crippen LogP contribution in [0.15, 0.2) is 24.3 Å². The maximum Gasteiger partial charge on any atom is 0.0814 e. The van der Waals surface area contributed by atoms with E-state index in [1.54, 1.807) is 0 Å². The Bertz CT molecular complexity index is 363. The molecule has 1 aromatic rings. The van der Waals surface area contributed by atoms with Crippen molar-refractivity contribution in [3.8, 4) is 0 Å². The van der Waals surface area contributed by atoms with Crippen molar-refractivity contribution in [3.05, 3.63) is 35.4 Å². The molecule has 0 aromatic heterocycles. The minimum atomic E-state index is -0.558. The molecule has 0 saturated carbocycles. The van der Waals surface area contributed by atoms with Crippen molar-refractivity contribution in [1.29, 1.82) is 0 Å². The minimum Gasteiger partial charge on any atom is -0.388 e. The molecule has 2 rings (SSSR count). The van der Waals surface area contributed by atoms with Crippen molar-refractivity contribution in [2.24, 2.45) is 5.73 Å². The number of nitrogens with zero attached hydrogens (tertiary/aromatic N) is 1. The van der Waals surface area contributed by atoms with E-state index in [1.165, 1.54) is 5.56 Å². The van der Waals surface area contributed by atoms with Gasteiger partial charge in [0.25, 0.3) is 0 Å². The Morgan fingerprint density at radius 2 is 1.94 bits per heavy atom. The van der Waals surface area contributed by atoms with Gasteiger partial charge >= 0.3 is 0 Å². The van der Waals surface area contributed by atoms with E-state index in [9.17, 15) is 5.11 Å². The van der Waals surface area contributed by atoms with E-state index in [4.69, 9.17) is 5.73 Å². The Kier molecular flexibility index (Phi) is 3.82. The summed E-state index contributed by atoms with van der Waals surface area (Å²) in [4.78, 5) is 2.21. The molecule has 3 N–H and O–H groups in total. The van der Waals surface area contributed by atoms with Gasteiger partial charge in [0.1, 0.15) is 0 Å². The molecule has 1 saturated heterocycles. The van der Waals surface area contributed by atoms with E-state index in [0.717, 1.165) is 37.9 Å². The summed E-state index contributed by atoms with van der Waals surface area (Å²) in [6.45, 7) is 2.44. The number of piperidine rings is 1. The van der Waals surface area contributed by atoms with E-state index >= 15 is 0 Å². The number of hydrogen-bond acceptors (Lipinski definition) is 3. The van der Waals surface area contributed by atoms with Crippen LogP contribution in [0.2, 0.25) is 0 Å². The quantitative estimate of drug-likeness (QED) is 0.824. The molecule has 1 aliphatic rings. The Hall–Kier alpha value is -0.900. The third-order valence-electron chi connectivity index (χ3n) is 3.54. The molecule has 17 heavy (non-hydrogen) atoms. The summed E-state index contributed by atoms with van der Waals surface area (Å²) in [5, 5.41) is 10.6. The van der Waals surface area contributed by atoms with E-state index in [0.29, 0.717) is 6.54 Å². The smallest absolute Gasteiger partial charge is 0.0814 e. The van der Waals surface area contributed by atoms with Crippen molar-refractivity contribution in [3.63, 3.8) is 0 Å². The molecule has 0 aliphatic carbocycles. The van der Waals surface area contributed by atoms with Gasteiger partial charge in [-0.3, -0.25) is 0 Å². The Morgan fingerprint density at radius 1 is 1.29 bits per heavy atom. The fraction of sp³-hybridized carbons (Fsp3) is 0.571. The minimum absolute atomic E-state index is 0.558. The standard InChI is InChI=1S/C14H22N2O/c1-16-8-2-7-14(17,11-16)9-12-3-5-13(10-15)6-4-12/h3-6,17H,2,7-11,15H2,1H3. The predicted octanol–water partition coefficient (Wildman–Crippen LogP) is 1.14. The van der Waals surface area contributed by atoms with E-state index in [-0.39, 0.29) is 0 Å². The van der Waals surface area contributed by atoms with Crippen LogP contribution in [0.5, 0.6) is 0 Å². The van der Waals surface area contributed by atoms with Gasteiger partial charge in [-0.25, -0.2) is 0 Å². The number of aliphatic hydroxyl groups is 1. The van der Waals surface area contributed by atoms with Gasteiger partial charge in [0, 0.05) is 19.5 Å². The third kappa shape index (κ3) is 3.28. The second-order valence-corrected chi connectivity index (χ2v) is 5.26. The average molecular weight is 234 g/mol. The van der Waals surface area contributed by atoms with Crippen molar-refractivity contribution in [2.75, 3.05) is 20.1 Å². The largest absolute Gasteiger partial charge is 0.388 e. The molecular weight excluding hydrogens is 212 g/mol. The van der Waals surface area contributed by atoms with Gasteiger partial charge in [-0.05, 0) is 37.6 Å². The number of likely N-dealkylation sites (tertiary alicyclic amines) is 1. The molecule has 1 atom stereocenters. The monoisotopic (exact) mass is 234 g/mol. The molecule has 1 aliphatic heterocycles. The van der Waals surface area contributed by atoms with Crippen LogP contribution in [-0.4, -0.2) is 35.7 Å². The SMILES string of the molecule is CN1CCCC(O)(Cc2ccc(CN)cc2)C1. The van der Waals surface area contributed by atoms with E-state index in [1.807, 2.05) is 12.1 Å². The fourth-order valence-corrected chi connectivity index (χ4v) is 2.66. The van der Waals surface area contributed by atoms with Gasteiger partial charge in [0.05, 0.1) is 5.60 Å². The maximum absolute atomic E-state index is 10.6. The predicted molar refractivity (Wildman–Crippen MR) is 69.7 cm³/mol. The number of likely N-dealkylation sites (N-methyl/N-ethyl adjacent to an activating group) is 1. The first-order valence-corrected chi connectivity index (χ1v) is 6.30. The third-order valence-corrected chi connectivity index (χ3v) is 3.54. The zero-order valence-electron chi connectivity index (χ0n) is 10.5. The average Bonchev–Trinajstić information content (AvgIpc) is 2.29. The molecule has 0 spiro atoms. The van der Waals surface area contributed by atoms with Crippen LogP contribution < -0.4 is 5.73 Å². The first-order valence-electron chi connectivity index (χ1n) is 6.30. The summed E-state index contributed by atoms with van der Waals surface area (Å²) in [5.74, 6) is 0. The van der Waals surface area contributed by atoms with Crippen LogP contribution in [-0.2, 0) is 13.0 Å². The summed E-state index contributed by atoms with van der Waals surface area (Å²) in [6, 6.07) is 8.25. The highest BCUT2D eigenvalue weighted by molar-refractivity contribution is 5.24. The highest BCUT2D eigenvalue weighted by Crippen LogP contribution is 2.24. The van der Waals surface area contributed by atoms with Crippen LogP contribution in [0.25, 0.3) is 0 Å².